The van der Waals surface area contributed by atoms with Gasteiger partial charge in [0.1, 0.15) is 6.07 Å². The van der Waals surface area contributed by atoms with Crippen molar-refractivity contribution < 1.29 is 4.79 Å². The van der Waals surface area contributed by atoms with E-state index in [9.17, 15) is 10.1 Å². The average molecular weight is 255 g/mol. The van der Waals surface area contributed by atoms with Crippen LogP contribution in [-0.4, -0.2) is 24.5 Å². The molecule has 1 unspecified atom stereocenters. The Morgan fingerprint density at radius 2 is 2.16 bits per heavy atom. The average Bonchev–Trinajstić information content (AvgIpc) is 3.14. The van der Waals surface area contributed by atoms with Gasteiger partial charge in [-0.1, -0.05) is 12.1 Å². The molecule has 1 amide bonds. The second-order valence-electron chi connectivity index (χ2n) is 5.35. The van der Waals surface area contributed by atoms with Crippen molar-refractivity contribution in [2.45, 2.75) is 38.3 Å². The van der Waals surface area contributed by atoms with Crippen molar-refractivity contribution in [3.63, 3.8) is 0 Å². The van der Waals surface area contributed by atoms with Gasteiger partial charge in [0.2, 0.25) is 5.91 Å². The minimum absolute atomic E-state index is 0.0699. The molecule has 2 aliphatic rings. The fourth-order valence-electron chi connectivity index (χ4n) is 2.63. The topological polar surface area (TPSA) is 56.1 Å². The summed E-state index contributed by atoms with van der Waals surface area (Å²) >= 11 is 0. The summed E-state index contributed by atoms with van der Waals surface area (Å²) in [5.74, 6) is 0.106. The van der Waals surface area contributed by atoms with Crippen molar-refractivity contribution >= 4 is 11.6 Å². The monoisotopic (exact) mass is 255 g/mol. The number of carbonyl (C=O) groups excluding carboxylic acids is 1. The lowest BCUT2D eigenvalue weighted by Gasteiger charge is -2.19. The Morgan fingerprint density at radius 1 is 1.37 bits per heavy atom. The fourth-order valence-corrected chi connectivity index (χ4v) is 2.63. The molecule has 1 atom stereocenters. The smallest absolute Gasteiger partial charge is 0.244 e. The maximum Gasteiger partial charge on any atom is 0.244 e. The van der Waals surface area contributed by atoms with Crippen LogP contribution in [0, 0.1) is 18.3 Å². The number of nitriles is 1. The number of amides is 1. The molecule has 98 valence electrons. The lowest BCUT2D eigenvalue weighted by atomic mass is 10.1. The quantitative estimate of drug-likeness (QED) is 0.894. The number of hydrogen-bond acceptors (Lipinski definition) is 3. The molecule has 1 aliphatic heterocycles. The van der Waals surface area contributed by atoms with Crippen molar-refractivity contribution in [3.8, 4) is 6.07 Å². The van der Waals surface area contributed by atoms with Gasteiger partial charge in [-0.2, -0.15) is 5.26 Å². The predicted molar refractivity (Wildman–Crippen MR) is 72.8 cm³/mol. The van der Waals surface area contributed by atoms with E-state index < -0.39 is 0 Å². The SMILES string of the molecule is Cc1cccc(N2CCC(NC3CC3)C2=O)c1C#N. The first-order valence-electron chi connectivity index (χ1n) is 6.78. The van der Waals surface area contributed by atoms with Crippen LogP contribution in [0.15, 0.2) is 18.2 Å². The van der Waals surface area contributed by atoms with Crippen LogP contribution in [-0.2, 0) is 4.79 Å². The summed E-state index contributed by atoms with van der Waals surface area (Å²) in [6.07, 6.45) is 3.18. The maximum absolute atomic E-state index is 12.4. The van der Waals surface area contributed by atoms with Crippen molar-refractivity contribution in [2.24, 2.45) is 0 Å². The first kappa shape index (κ1) is 12.2. The van der Waals surface area contributed by atoms with E-state index in [0.29, 0.717) is 18.2 Å². The van der Waals surface area contributed by atoms with Crippen LogP contribution in [0.5, 0.6) is 0 Å². The van der Waals surface area contributed by atoms with Crippen LogP contribution in [0.1, 0.15) is 30.4 Å². The van der Waals surface area contributed by atoms with Gasteiger partial charge in [-0.05, 0) is 37.8 Å². The molecule has 0 radical (unpaired) electrons. The Kier molecular flexibility index (Phi) is 3.00. The van der Waals surface area contributed by atoms with E-state index in [0.717, 1.165) is 17.7 Å². The molecule has 1 aromatic rings. The molecule has 0 spiro atoms. The largest absolute Gasteiger partial charge is 0.310 e. The predicted octanol–water partition coefficient (Wildman–Crippen LogP) is 1.72. The van der Waals surface area contributed by atoms with Gasteiger partial charge >= 0.3 is 0 Å². The van der Waals surface area contributed by atoms with Gasteiger partial charge in [0, 0.05) is 12.6 Å². The number of benzene rings is 1. The van der Waals surface area contributed by atoms with E-state index in [-0.39, 0.29) is 11.9 Å². The third kappa shape index (κ3) is 2.22. The Labute approximate surface area is 113 Å². The van der Waals surface area contributed by atoms with E-state index in [4.69, 9.17) is 0 Å². The number of anilines is 1. The van der Waals surface area contributed by atoms with Crippen LogP contribution >= 0.6 is 0 Å². The summed E-state index contributed by atoms with van der Waals surface area (Å²) < 4.78 is 0. The summed E-state index contributed by atoms with van der Waals surface area (Å²) in [5, 5.41) is 12.6. The van der Waals surface area contributed by atoms with E-state index in [1.54, 1.807) is 4.90 Å². The molecule has 1 heterocycles. The van der Waals surface area contributed by atoms with Gasteiger partial charge in [0.05, 0.1) is 17.3 Å². The Hall–Kier alpha value is -1.86. The molecule has 1 saturated carbocycles. The lowest BCUT2D eigenvalue weighted by Crippen LogP contribution is -2.39. The normalized spacial score (nSPS) is 22.6. The molecule has 1 saturated heterocycles. The van der Waals surface area contributed by atoms with Crippen LogP contribution in [0.4, 0.5) is 5.69 Å². The zero-order valence-electron chi connectivity index (χ0n) is 11.0. The molecule has 1 aromatic carbocycles. The van der Waals surface area contributed by atoms with Gasteiger partial charge in [-0.25, -0.2) is 0 Å². The van der Waals surface area contributed by atoms with Crippen LogP contribution < -0.4 is 10.2 Å². The molecule has 0 aromatic heterocycles. The van der Waals surface area contributed by atoms with E-state index in [1.807, 2.05) is 25.1 Å². The highest BCUT2D eigenvalue weighted by Gasteiger charge is 2.36. The number of aryl methyl sites for hydroxylation is 1. The highest BCUT2D eigenvalue weighted by molar-refractivity contribution is 6.00. The highest BCUT2D eigenvalue weighted by atomic mass is 16.2. The second-order valence-corrected chi connectivity index (χ2v) is 5.35. The second kappa shape index (κ2) is 4.67. The number of carbonyl (C=O) groups is 1. The third-order valence-electron chi connectivity index (χ3n) is 3.87. The Balaban J connectivity index is 1.85. The number of nitrogens with zero attached hydrogens (tertiary/aromatic N) is 2. The van der Waals surface area contributed by atoms with E-state index in [2.05, 4.69) is 11.4 Å². The molecule has 2 fully saturated rings. The minimum atomic E-state index is -0.0699. The summed E-state index contributed by atoms with van der Waals surface area (Å²) in [4.78, 5) is 14.2. The zero-order chi connectivity index (χ0) is 13.4. The van der Waals surface area contributed by atoms with Crippen LogP contribution in [0.2, 0.25) is 0 Å². The van der Waals surface area contributed by atoms with Gasteiger partial charge < -0.3 is 10.2 Å². The maximum atomic E-state index is 12.4. The Bertz CT molecular complexity index is 557. The molecule has 1 aliphatic carbocycles. The fraction of sp³-hybridized carbons (Fsp3) is 0.467. The zero-order valence-corrected chi connectivity index (χ0v) is 11.0. The van der Waals surface area contributed by atoms with Gasteiger partial charge in [0.15, 0.2) is 0 Å². The summed E-state index contributed by atoms with van der Waals surface area (Å²) in [7, 11) is 0. The van der Waals surface area contributed by atoms with E-state index in [1.165, 1.54) is 12.8 Å². The van der Waals surface area contributed by atoms with Crippen LogP contribution in [0.3, 0.4) is 0 Å². The first-order valence-corrected chi connectivity index (χ1v) is 6.78. The molecule has 0 bridgehead atoms. The minimum Gasteiger partial charge on any atom is -0.310 e. The first-order chi connectivity index (χ1) is 9.20. The standard InChI is InChI=1S/C15H17N3O/c1-10-3-2-4-14(12(10)9-16)18-8-7-13(15(18)19)17-11-5-6-11/h2-4,11,13,17H,5-8H2,1H3. The molecule has 1 N–H and O–H groups in total. The molecular formula is C15H17N3O. The van der Waals surface area contributed by atoms with Crippen molar-refractivity contribution in [1.82, 2.24) is 5.32 Å². The van der Waals surface area contributed by atoms with Crippen molar-refractivity contribution in [3.05, 3.63) is 29.3 Å². The Morgan fingerprint density at radius 3 is 2.84 bits per heavy atom. The molecule has 3 rings (SSSR count). The van der Waals surface area contributed by atoms with Gasteiger partial charge in [0.25, 0.3) is 0 Å². The lowest BCUT2D eigenvalue weighted by molar-refractivity contribution is -0.118. The van der Waals surface area contributed by atoms with E-state index >= 15 is 0 Å². The van der Waals surface area contributed by atoms with Gasteiger partial charge in [-0.3, -0.25) is 4.79 Å². The summed E-state index contributed by atoms with van der Waals surface area (Å²) in [6.45, 7) is 2.60. The summed E-state index contributed by atoms with van der Waals surface area (Å²) in [5.41, 5.74) is 2.29. The van der Waals surface area contributed by atoms with Crippen LogP contribution in [0.25, 0.3) is 0 Å². The number of rotatable bonds is 3. The van der Waals surface area contributed by atoms with Gasteiger partial charge in [-0.15, -0.1) is 0 Å². The molecule has 4 nitrogen and oxygen atoms in total. The van der Waals surface area contributed by atoms with Crippen molar-refractivity contribution in [2.75, 3.05) is 11.4 Å². The number of hydrogen-bond donors (Lipinski definition) is 1. The third-order valence-corrected chi connectivity index (χ3v) is 3.87. The van der Waals surface area contributed by atoms with Crippen molar-refractivity contribution in [1.29, 1.82) is 5.26 Å². The molecule has 19 heavy (non-hydrogen) atoms. The molecule has 4 heteroatoms. The molecular weight excluding hydrogens is 238 g/mol. The number of nitrogens with one attached hydrogen (secondary N) is 1. The highest BCUT2D eigenvalue weighted by Crippen LogP contribution is 2.29. The summed E-state index contributed by atoms with van der Waals surface area (Å²) in [6, 6.07) is 8.35.